The number of pyridine rings is 2. The standard InChI is InChI=1S/C31H36FN5O5/c1-2-3-4-5-10-33-28(38)20-34-11-8-21(9-12-34)30(40)36-15-13-35(14-16-36)27-18-26-23(17-25(27)32)29(39)24(31(41)42)19-37(26)22-6-7-22/h8-9,11-12,17-19,22H,2-7,10,13-16,20H2,1H3,(H-,33,38,41,42)/p+1. The van der Waals surface area contributed by atoms with Gasteiger partial charge in [-0.05, 0) is 31.4 Å². The van der Waals surface area contributed by atoms with Crippen molar-refractivity contribution in [3.8, 4) is 0 Å². The molecule has 1 saturated heterocycles. The molecule has 3 heterocycles. The number of benzene rings is 1. The molecule has 222 valence electrons. The van der Waals surface area contributed by atoms with Gasteiger partial charge < -0.3 is 24.8 Å². The molecule has 0 radical (unpaired) electrons. The topological polar surface area (TPSA) is 116 Å². The van der Waals surface area contributed by atoms with E-state index in [-0.39, 0.29) is 35.4 Å². The molecule has 1 aliphatic carbocycles. The molecular weight excluding hydrogens is 541 g/mol. The highest BCUT2D eigenvalue weighted by molar-refractivity contribution is 5.95. The molecule has 1 saturated carbocycles. The van der Waals surface area contributed by atoms with Crippen molar-refractivity contribution in [2.24, 2.45) is 0 Å². The lowest BCUT2D eigenvalue weighted by Crippen LogP contribution is -2.49. The summed E-state index contributed by atoms with van der Waals surface area (Å²) in [5, 5.41) is 12.4. The van der Waals surface area contributed by atoms with Crippen LogP contribution >= 0.6 is 0 Å². The number of rotatable bonds is 11. The maximum Gasteiger partial charge on any atom is 0.341 e. The summed E-state index contributed by atoms with van der Waals surface area (Å²) in [6.45, 7) is 4.58. The number of aromatic nitrogens is 2. The van der Waals surface area contributed by atoms with Gasteiger partial charge in [-0.3, -0.25) is 14.4 Å². The largest absolute Gasteiger partial charge is 0.477 e. The van der Waals surface area contributed by atoms with Gasteiger partial charge in [-0.1, -0.05) is 26.2 Å². The first kappa shape index (κ1) is 29.2. The molecule has 2 N–H and O–H groups in total. The van der Waals surface area contributed by atoms with Gasteiger partial charge in [0.1, 0.15) is 11.4 Å². The fraction of sp³-hybridized carbons (Fsp3) is 0.452. The normalized spacial score (nSPS) is 15.2. The Morgan fingerprint density at radius 3 is 2.40 bits per heavy atom. The maximum absolute atomic E-state index is 15.3. The van der Waals surface area contributed by atoms with E-state index in [0.29, 0.717) is 49.5 Å². The van der Waals surface area contributed by atoms with Gasteiger partial charge in [-0.25, -0.2) is 9.18 Å². The first-order valence-corrected chi connectivity index (χ1v) is 14.7. The van der Waals surface area contributed by atoms with Crippen LogP contribution in [0.15, 0.2) is 47.7 Å². The second-order valence-corrected chi connectivity index (χ2v) is 11.1. The Morgan fingerprint density at radius 1 is 1.05 bits per heavy atom. The number of unbranched alkanes of at least 4 members (excludes halogenated alkanes) is 3. The van der Waals surface area contributed by atoms with Crippen LogP contribution in [0.5, 0.6) is 0 Å². The van der Waals surface area contributed by atoms with Gasteiger partial charge in [0.2, 0.25) is 12.0 Å². The minimum Gasteiger partial charge on any atom is -0.477 e. The zero-order valence-electron chi connectivity index (χ0n) is 23.9. The van der Waals surface area contributed by atoms with Gasteiger partial charge in [0.05, 0.1) is 16.8 Å². The number of fused-ring (bicyclic) bond motifs is 1. The number of nitrogens with one attached hydrogen (secondary N) is 1. The van der Waals surface area contributed by atoms with Crippen LogP contribution in [0, 0.1) is 5.82 Å². The lowest BCUT2D eigenvalue weighted by atomic mass is 10.1. The lowest BCUT2D eigenvalue weighted by Gasteiger charge is -2.36. The minimum absolute atomic E-state index is 0.0580. The van der Waals surface area contributed by atoms with Crippen LogP contribution in [0.1, 0.15) is 72.2 Å². The number of carboxylic acid groups (broad SMARTS) is 1. The molecule has 2 amide bonds. The molecule has 2 fully saturated rings. The number of piperazine rings is 1. The smallest absolute Gasteiger partial charge is 0.341 e. The van der Waals surface area contributed by atoms with Crippen molar-refractivity contribution in [3.63, 3.8) is 0 Å². The third-order valence-electron chi connectivity index (χ3n) is 8.00. The van der Waals surface area contributed by atoms with Gasteiger partial charge in [-0.15, -0.1) is 0 Å². The Bertz CT molecular complexity index is 1540. The number of hydrogen-bond donors (Lipinski definition) is 2. The van der Waals surface area contributed by atoms with Gasteiger partial charge >= 0.3 is 5.97 Å². The van der Waals surface area contributed by atoms with E-state index in [4.69, 9.17) is 0 Å². The average Bonchev–Trinajstić information content (AvgIpc) is 3.83. The number of nitrogens with zero attached hydrogens (tertiary/aromatic N) is 4. The Hall–Kier alpha value is -4.28. The first-order chi connectivity index (χ1) is 20.3. The lowest BCUT2D eigenvalue weighted by molar-refractivity contribution is -0.684. The van der Waals surface area contributed by atoms with Crippen LogP contribution in [-0.2, 0) is 11.3 Å². The predicted molar refractivity (Wildman–Crippen MR) is 155 cm³/mol. The number of aromatic carboxylic acids is 1. The fourth-order valence-corrected chi connectivity index (χ4v) is 5.45. The second kappa shape index (κ2) is 12.7. The molecule has 5 rings (SSSR count). The summed E-state index contributed by atoms with van der Waals surface area (Å²) in [6.07, 6.45) is 10.9. The molecule has 0 atom stereocenters. The zero-order chi connectivity index (χ0) is 29.8. The number of anilines is 1. The quantitative estimate of drug-likeness (QED) is 0.267. The van der Waals surface area contributed by atoms with Crippen molar-refractivity contribution in [2.75, 3.05) is 37.6 Å². The van der Waals surface area contributed by atoms with Crippen molar-refractivity contribution in [3.05, 3.63) is 70.0 Å². The van der Waals surface area contributed by atoms with Gasteiger partial charge in [0.25, 0.3) is 11.8 Å². The summed E-state index contributed by atoms with van der Waals surface area (Å²) in [5.74, 6) is -2.12. The van der Waals surface area contributed by atoms with E-state index in [2.05, 4.69) is 12.2 Å². The second-order valence-electron chi connectivity index (χ2n) is 11.1. The van der Waals surface area contributed by atoms with Crippen LogP contribution in [0.25, 0.3) is 10.9 Å². The third-order valence-corrected chi connectivity index (χ3v) is 8.00. The van der Waals surface area contributed by atoms with Crippen molar-refractivity contribution < 1.29 is 28.4 Å². The van der Waals surface area contributed by atoms with Crippen LogP contribution < -0.4 is 20.2 Å². The van der Waals surface area contributed by atoms with E-state index in [1.807, 2.05) is 4.90 Å². The molecule has 0 bridgehead atoms. The number of carbonyl (C=O) groups excluding carboxylic acids is 2. The fourth-order valence-electron chi connectivity index (χ4n) is 5.45. The van der Waals surface area contributed by atoms with Crippen LogP contribution in [-0.4, -0.2) is 65.1 Å². The van der Waals surface area contributed by atoms with E-state index >= 15 is 4.39 Å². The Kier molecular flexibility index (Phi) is 8.84. The average molecular weight is 579 g/mol. The molecule has 3 aromatic rings. The third kappa shape index (κ3) is 6.45. The molecule has 42 heavy (non-hydrogen) atoms. The molecular formula is C31H37FN5O5+. The summed E-state index contributed by atoms with van der Waals surface area (Å²) in [5.41, 5.74) is 0.309. The predicted octanol–water partition coefficient (Wildman–Crippen LogP) is 3.12. The summed E-state index contributed by atoms with van der Waals surface area (Å²) < 4.78 is 18.8. The molecule has 0 unspecified atom stereocenters. The first-order valence-electron chi connectivity index (χ1n) is 14.7. The van der Waals surface area contributed by atoms with Crippen molar-refractivity contribution >= 4 is 34.4 Å². The number of carboxylic acids is 1. The number of halogens is 1. The van der Waals surface area contributed by atoms with Crippen LogP contribution in [0.2, 0.25) is 0 Å². The Balaban J connectivity index is 1.21. The number of carbonyl (C=O) groups is 3. The van der Waals surface area contributed by atoms with Crippen LogP contribution in [0.4, 0.5) is 10.1 Å². The van der Waals surface area contributed by atoms with Crippen molar-refractivity contribution in [2.45, 2.75) is 58.0 Å². The highest BCUT2D eigenvalue weighted by Gasteiger charge is 2.29. The molecule has 1 aliphatic heterocycles. The Morgan fingerprint density at radius 2 is 1.76 bits per heavy atom. The van der Waals surface area contributed by atoms with Crippen molar-refractivity contribution in [1.29, 1.82) is 0 Å². The molecule has 0 spiro atoms. The van der Waals surface area contributed by atoms with Crippen molar-refractivity contribution in [1.82, 2.24) is 14.8 Å². The molecule has 10 nitrogen and oxygen atoms in total. The van der Waals surface area contributed by atoms with Gasteiger partial charge in [0, 0.05) is 62.5 Å². The summed E-state index contributed by atoms with van der Waals surface area (Å²) >= 11 is 0. The van der Waals surface area contributed by atoms with E-state index in [0.717, 1.165) is 44.6 Å². The number of amides is 2. The SMILES string of the molecule is CCCCCCNC(=O)C[n+]1ccc(C(=O)N2CCN(c3cc4c(cc3F)c(=O)c(C(=O)O)cn4C3CC3)CC2)cc1. The summed E-state index contributed by atoms with van der Waals surface area (Å²) in [7, 11) is 0. The minimum atomic E-state index is -1.33. The highest BCUT2D eigenvalue weighted by Crippen LogP contribution is 2.38. The summed E-state index contributed by atoms with van der Waals surface area (Å²) in [6, 6.07) is 6.27. The maximum atomic E-state index is 15.3. The van der Waals surface area contributed by atoms with E-state index < -0.39 is 17.2 Å². The molecule has 1 aromatic carbocycles. The molecule has 11 heteroatoms. The monoisotopic (exact) mass is 578 g/mol. The van der Waals surface area contributed by atoms with E-state index in [1.54, 1.807) is 44.6 Å². The Labute approximate surface area is 243 Å². The van der Waals surface area contributed by atoms with Gasteiger partial charge in [0.15, 0.2) is 12.4 Å². The molecule has 2 aliphatic rings. The van der Waals surface area contributed by atoms with Crippen LogP contribution in [0.3, 0.4) is 0 Å². The highest BCUT2D eigenvalue weighted by atomic mass is 19.1. The van der Waals surface area contributed by atoms with E-state index in [1.165, 1.54) is 6.20 Å². The zero-order valence-corrected chi connectivity index (χ0v) is 23.9. The summed E-state index contributed by atoms with van der Waals surface area (Å²) in [4.78, 5) is 53.3. The molecule has 2 aromatic heterocycles. The number of hydrogen-bond acceptors (Lipinski definition) is 5. The van der Waals surface area contributed by atoms with Gasteiger partial charge in [-0.2, -0.15) is 4.57 Å². The van der Waals surface area contributed by atoms with E-state index in [9.17, 15) is 24.3 Å².